The van der Waals surface area contributed by atoms with Crippen LogP contribution < -0.4 is 0 Å². The Morgan fingerprint density at radius 3 is 2.67 bits per heavy atom. The third-order valence-corrected chi connectivity index (χ3v) is 3.10. The normalized spacial score (nSPS) is 10.9. The van der Waals surface area contributed by atoms with Crippen LogP contribution in [0.25, 0.3) is 11.2 Å². The predicted octanol–water partition coefficient (Wildman–Crippen LogP) is 3.13. The van der Waals surface area contributed by atoms with E-state index in [1.54, 1.807) is 6.33 Å². The SMILES string of the molecule is c1ccc(CCCc2cnc3nc[nH]c3c2)cc1. The highest BCUT2D eigenvalue weighted by Gasteiger charge is 2.00. The maximum Gasteiger partial charge on any atom is 0.177 e. The third kappa shape index (κ3) is 2.40. The molecule has 0 bridgehead atoms. The molecule has 0 spiro atoms. The molecule has 0 saturated carbocycles. The van der Waals surface area contributed by atoms with Gasteiger partial charge in [0.25, 0.3) is 0 Å². The fourth-order valence-electron chi connectivity index (χ4n) is 2.15. The van der Waals surface area contributed by atoms with E-state index in [1.807, 2.05) is 6.20 Å². The summed E-state index contributed by atoms with van der Waals surface area (Å²) in [6.07, 6.45) is 6.92. The number of benzene rings is 1. The van der Waals surface area contributed by atoms with E-state index in [1.165, 1.54) is 11.1 Å². The number of pyridine rings is 1. The molecule has 1 aromatic carbocycles. The van der Waals surface area contributed by atoms with Gasteiger partial charge in [-0.05, 0) is 36.5 Å². The molecule has 0 aliphatic carbocycles. The van der Waals surface area contributed by atoms with Gasteiger partial charge in [-0.25, -0.2) is 9.97 Å². The number of nitrogens with one attached hydrogen (secondary N) is 1. The van der Waals surface area contributed by atoms with Gasteiger partial charge in [0.05, 0.1) is 11.8 Å². The first kappa shape index (κ1) is 11.0. The summed E-state index contributed by atoms with van der Waals surface area (Å²) in [4.78, 5) is 11.5. The summed E-state index contributed by atoms with van der Waals surface area (Å²) in [6, 6.07) is 12.7. The van der Waals surface area contributed by atoms with E-state index in [0.29, 0.717) is 0 Å². The van der Waals surface area contributed by atoms with Crippen LogP contribution in [-0.4, -0.2) is 15.0 Å². The average molecular weight is 237 g/mol. The first-order chi connectivity index (χ1) is 8.92. The average Bonchev–Trinajstić information content (AvgIpc) is 2.87. The topological polar surface area (TPSA) is 41.6 Å². The molecule has 3 aromatic rings. The lowest BCUT2D eigenvalue weighted by molar-refractivity contribution is 0.818. The van der Waals surface area contributed by atoms with E-state index in [2.05, 4.69) is 51.4 Å². The Morgan fingerprint density at radius 1 is 0.944 bits per heavy atom. The lowest BCUT2D eigenvalue weighted by Crippen LogP contribution is -1.91. The van der Waals surface area contributed by atoms with E-state index in [9.17, 15) is 0 Å². The molecule has 3 nitrogen and oxygen atoms in total. The number of nitrogens with zero attached hydrogens (tertiary/aromatic N) is 2. The van der Waals surface area contributed by atoms with E-state index in [4.69, 9.17) is 0 Å². The number of imidazole rings is 1. The van der Waals surface area contributed by atoms with Crippen molar-refractivity contribution in [3.63, 3.8) is 0 Å². The van der Waals surface area contributed by atoms with Crippen molar-refractivity contribution in [1.29, 1.82) is 0 Å². The Morgan fingerprint density at radius 2 is 1.78 bits per heavy atom. The first-order valence-corrected chi connectivity index (χ1v) is 6.24. The zero-order valence-electron chi connectivity index (χ0n) is 10.1. The van der Waals surface area contributed by atoms with Crippen LogP contribution in [0.15, 0.2) is 48.9 Å². The van der Waals surface area contributed by atoms with Gasteiger partial charge in [-0.3, -0.25) is 0 Å². The number of hydrogen-bond acceptors (Lipinski definition) is 2. The van der Waals surface area contributed by atoms with Gasteiger partial charge < -0.3 is 4.98 Å². The van der Waals surface area contributed by atoms with Gasteiger partial charge in [0.1, 0.15) is 0 Å². The van der Waals surface area contributed by atoms with Gasteiger partial charge in [0.15, 0.2) is 5.65 Å². The summed E-state index contributed by atoms with van der Waals surface area (Å²) in [7, 11) is 0. The third-order valence-electron chi connectivity index (χ3n) is 3.10. The standard InChI is InChI=1S/C15H15N3/c1-2-5-12(6-3-1)7-4-8-13-9-14-15(16-10-13)18-11-17-14/h1-3,5-6,9-11H,4,7-8H2,(H,16,17,18). The first-order valence-electron chi connectivity index (χ1n) is 6.24. The molecule has 0 fully saturated rings. The predicted molar refractivity (Wildman–Crippen MR) is 72.4 cm³/mol. The molecule has 0 radical (unpaired) electrons. The van der Waals surface area contributed by atoms with Gasteiger partial charge in [-0.2, -0.15) is 0 Å². The largest absolute Gasteiger partial charge is 0.343 e. The van der Waals surface area contributed by atoms with Crippen molar-refractivity contribution in [2.24, 2.45) is 0 Å². The minimum Gasteiger partial charge on any atom is -0.343 e. The molecule has 0 aliphatic rings. The number of H-pyrrole nitrogens is 1. The van der Waals surface area contributed by atoms with E-state index < -0.39 is 0 Å². The van der Waals surface area contributed by atoms with E-state index >= 15 is 0 Å². The van der Waals surface area contributed by atoms with Crippen molar-refractivity contribution >= 4 is 11.2 Å². The zero-order valence-corrected chi connectivity index (χ0v) is 10.1. The summed E-state index contributed by atoms with van der Waals surface area (Å²) in [5.74, 6) is 0. The minimum atomic E-state index is 0.793. The van der Waals surface area contributed by atoms with Gasteiger partial charge >= 0.3 is 0 Å². The highest BCUT2D eigenvalue weighted by molar-refractivity contribution is 5.70. The van der Waals surface area contributed by atoms with Crippen molar-refractivity contribution in [1.82, 2.24) is 15.0 Å². The Balaban J connectivity index is 1.62. The van der Waals surface area contributed by atoms with Crippen molar-refractivity contribution in [2.45, 2.75) is 19.3 Å². The molecule has 3 heteroatoms. The maximum atomic E-state index is 4.32. The molecular weight excluding hydrogens is 222 g/mol. The fraction of sp³-hybridized carbons (Fsp3) is 0.200. The molecule has 90 valence electrons. The van der Waals surface area contributed by atoms with Crippen molar-refractivity contribution in [3.05, 3.63) is 60.0 Å². The molecule has 0 unspecified atom stereocenters. The van der Waals surface area contributed by atoms with E-state index in [-0.39, 0.29) is 0 Å². The number of rotatable bonds is 4. The van der Waals surface area contributed by atoms with Crippen LogP contribution in [0.1, 0.15) is 17.5 Å². The maximum absolute atomic E-state index is 4.32. The van der Waals surface area contributed by atoms with E-state index in [0.717, 1.165) is 30.4 Å². The summed E-state index contributed by atoms with van der Waals surface area (Å²) in [5.41, 5.74) is 4.48. The minimum absolute atomic E-state index is 0.793. The number of aromatic nitrogens is 3. The van der Waals surface area contributed by atoms with Crippen molar-refractivity contribution in [3.8, 4) is 0 Å². The van der Waals surface area contributed by atoms with Gasteiger partial charge in [-0.1, -0.05) is 30.3 Å². The smallest absolute Gasteiger partial charge is 0.177 e. The lowest BCUT2D eigenvalue weighted by atomic mass is 10.1. The second-order valence-corrected chi connectivity index (χ2v) is 4.46. The van der Waals surface area contributed by atoms with Gasteiger partial charge in [0, 0.05) is 6.20 Å². The Bertz CT molecular complexity index is 628. The molecule has 1 N–H and O–H groups in total. The summed E-state index contributed by atoms with van der Waals surface area (Å²) in [6.45, 7) is 0. The molecule has 2 aromatic heterocycles. The Kier molecular flexibility index (Phi) is 3.05. The summed E-state index contributed by atoms with van der Waals surface area (Å²) in [5, 5.41) is 0. The Labute approximate surface area is 106 Å². The Hall–Kier alpha value is -2.16. The molecular formula is C15H15N3. The number of fused-ring (bicyclic) bond motifs is 1. The summed E-state index contributed by atoms with van der Waals surface area (Å²) >= 11 is 0. The molecule has 0 amide bonds. The van der Waals surface area contributed by atoms with Gasteiger partial charge in [0.2, 0.25) is 0 Å². The summed E-state index contributed by atoms with van der Waals surface area (Å²) < 4.78 is 0. The van der Waals surface area contributed by atoms with Crippen LogP contribution in [-0.2, 0) is 12.8 Å². The molecule has 18 heavy (non-hydrogen) atoms. The molecule has 0 atom stereocenters. The lowest BCUT2D eigenvalue weighted by Gasteiger charge is -2.02. The molecule has 0 saturated heterocycles. The van der Waals surface area contributed by atoms with Crippen LogP contribution in [0.3, 0.4) is 0 Å². The van der Waals surface area contributed by atoms with Gasteiger partial charge in [-0.15, -0.1) is 0 Å². The van der Waals surface area contributed by atoms with Crippen LogP contribution in [0.5, 0.6) is 0 Å². The van der Waals surface area contributed by atoms with Crippen LogP contribution in [0.2, 0.25) is 0 Å². The molecule has 0 aliphatic heterocycles. The molecule has 3 rings (SSSR count). The second kappa shape index (κ2) is 5.00. The van der Waals surface area contributed by atoms with Crippen LogP contribution in [0, 0.1) is 0 Å². The van der Waals surface area contributed by atoms with Crippen LogP contribution >= 0.6 is 0 Å². The number of aryl methyl sites for hydroxylation is 2. The zero-order chi connectivity index (χ0) is 12.2. The highest BCUT2D eigenvalue weighted by atomic mass is 14.9. The van der Waals surface area contributed by atoms with Crippen molar-refractivity contribution in [2.75, 3.05) is 0 Å². The quantitative estimate of drug-likeness (QED) is 0.757. The fourth-order valence-corrected chi connectivity index (χ4v) is 2.15. The highest BCUT2D eigenvalue weighted by Crippen LogP contribution is 2.11. The van der Waals surface area contributed by atoms with Crippen molar-refractivity contribution < 1.29 is 0 Å². The molecule has 2 heterocycles. The second-order valence-electron chi connectivity index (χ2n) is 4.46. The monoisotopic (exact) mass is 237 g/mol. The van der Waals surface area contributed by atoms with Crippen LogP contribution in [0.4, 0.5) is 0 Å². The number of aromatic amines is 1. The number of hydrogen-bond donors (Lipinski definition) is 1.